The average molecular weight is 405 g/mol. The Kier molecular flexibility index (Phi) is 6.69. The van der Waals surface area contributed by atoms with Gasteiger partial charge in [0.05, 0.1) is 16.2 Å². The fourth-order valence-corrected chi connectivity index (χ4v) is 4.81. The zero-order chi connectivity index (χ0) is 20.1. The van der Waals surface area contributed by atoms with Crippen LogP contribution in [0.15, 0.2) is 35.2 Å². The van der Waals surface area contributed by atoms with Crippen LogP contribution in [0.5, 0.6) is 0 Å². The summed E-state index contributed by atoms with van der Waals surface area (Å²) in [6.45, 7) is -0.338. The van der Waals surface area contributed by atoms with E-state index in [9.17, 15) is 31.5 Å². The first kappa shape index (κ1) is 21.4. The summed E-state index contributed by atoms with van der Waals surface area (Å²) in [5, 5.41) is 12.2. The standard InChI is InChI=1S/C18H22F3NO4S/c19-18(20,21)16(23)22-11-5-7-14-6-4-8-15(12-14)27(25,26)13-17(24)9-2-1-3-10-17/h4-8,12,24H,1-3,9-11,13H2,(H,22,23). The first-order valence-electron chi connectivity index (χ1n) is 8.59. The summed E-state index contributed by atoms with van der Waals surface area (Å²) < 4.78 is 61.5. The Balaban J connectivity index is 2.03. The van der Waals surface area contributed by atoms with Gasteiger partial charge in [0.2, 0.25) is 0 Å². The van der Waals surface area contributed by atoms with E-state index in [2.05, 4.69) is 0 Å². The van der Waals surface area contributed by atoms with Crippen LogP contribution in [0, 0.1) is 0 Å². The van der Waals surface area contributed by atoms with Gasteiger partial charge in [-0.1, -0.05) is 43.5 Å². The van der Waals surface area contributed by atoms with Crippen LogP contribution in [0.2, 0.25) is 0 Å². The van der Waals surface area contributed by atoms with Crippen molar-refractivity contribution in [3.05, 3.63) is 35.9 Å². The maximum atomic E-state index is 12.6. The molecule has 0 radical (unpaired) electrons. The molecule has 0 saturated heterocycles. The number of nitrogens with one attached hydrogen (secondary N) is 1. The largest absolute Gasteiger partial charge is 0.471 e. The third-order valence-corrected chi connectivity index (χ3v) is 6.30. The van der Waals surface area contributed by atoms with Crippen LogP contribution in [0.3, 0.4) is 0 Å². The van der Waals surface area contributed by atoms with E-state index in [-0.39, 0.29) is 17.2 Å². The van der Waals surface area contributed by atoms with Crippen LogP contribution < -0.4 is 5.32 Å². The highest BCUT2D eigenvalue weighted by Gasteiger charge is 2.38. The molecule has 1 aromatic carbocycles. The molecule has 2 rings (SSSR count). The van der Waals surface area contributed by atoms with Gasteiger partial charge in [-0.2, -0.15) is 13.2 Å². The molecule has 1 aliphatic carbocycles. The minimum absolute atomic E-state index is 0.0444. The number of alkyl halides is 3. The van der Waals surface area contributed by atoms with E-state index >= 15 is 0 Å². The quantitative estimate of drug-likeness (QED) is 0.762. The predicted octanol–water partition coefficient (Wildman–Crippen LogP) is 2.85. The van der Waals surface area contributed by atoms with E-state index in [1.807, 2.05) is 0 Å². The molecule has 1 saturated carbocycles. The summed E-state index contributed by atoms with van der Waals surface area (Å²) in [5.74, 6) is -2.39. The van der Waals surface area contributed by atoms with E-state index in [0.29, 0.717) is 18.4 Å². The van der Waals surface area contributed by atoms with Crippen LogP contribution in [-0.2, 0) is 14.6 Å². The number of amides is 1. The normalized spacial score (nSPS) is 17.8. The van der Waals surface area contributed by atoms with Gasteiger partial charge >= 0.3 is 12.1 Å². The third-order valence-electron chi connectivity index (χ3n) is 4.41. The van der Waals surface area contributed by atoms with Crippen molar-refractivity contribution in [2.45, 2.75) is 48.8 Å². The van der Waals surface area contributed by atoms with Crippen molar-refractivity contribution < 1.29 is 31.5 Å². The van der Waals surface area contributed by atoms with Crippen molar-refractivity contribution in [3.63, 3.8) is 0 Å². The Bertz CT molecular complexity index is 797. The van der Waals surface area contributed by atoms with Gasteiger partial charge in [0.15, 0.2) is 9.84 Å². The van der Waals surface area contributed by atoms with Gasteiger partial charge in [0, 0.05) is 6.54 Å². The Morgan fingerprint density at radius 1 is 1.22 bits per heavy atom. The van der Waals surface area contributed by atoms with Gasteiger partial charge in [0.25, 0.3) is 0 Å². The number of hydrogen-bond donors (Lipinski definition) is 2. The van der Waals surface area contributed by atoms with Gasteiger partial charge in [-0.05, 0) is 30.5 Å². The zero-order valence-electron chi connectivity index (χ0n) is 14.6. The molecule has 0 bridgehead atoms. The molecule has 150 valence electrons. The average Bonchev–Trinajstić information content (AvgIpc) is 2.57. The Hall–Kier alpha value is -1.87. The van der Waals surface area contributed by atoms with E-state index < -0.39 is 27.5 Å². The molecule has 0 atom stereocenters. The lowest BCUT2D eigenvalue weighted by Gasteiger charge is -2.31. The van der Waals surface area contributed by atoms with Gasteiger partial charge in [-0.3, -0.25) is 4.79 Å². The summed E-state index contributed by atoms with van der Waals surface area (Å²) in [4.78, 5) is 10.8. The molecule has 0 aliphatic heterocycles. The minimum Gasteiger partial charge on any atom is -0.389 e. The number of hydrogen-bond acceptors (Lipinski definition) is 4. The molecule has 1 aromatic rings. The summed E-state index contributed by atoms with van der Waals surface area (Å²) >= 11 is 0. The highest BCUT2D eigenvalue weighted by atomic mass is 32.2. The topological polar surface area (TPSA) is 83.5 Å². The van der Waals surface area contributed by atoms with Crippen molar-refractivity contribution in [1.29, 1.82) is 0 Å². The molecule has 9 heteroatoms. The lowest BCUT2D eigenvalue weighted by molar-refractivity contribution is -0.173. The Morgan fingerprint density at radius 2 is 1.89 bits per heavy atom. The second-order valence-corrected chi connectivity index (χ2v) is 8.72. The molecule has 0 aromatic heterocycles. The molecule has 2 N–H and O–H groups in total. The van der Waals surface area contributed by atoms with Crippen molar-refractivity contribution in [1.82, 2.24) is 5.32 Å². The number of carbonyl (C=O) groups excluding carboxylic acids is 1. The van der Waals surface area contributed by atoms with E-state index in [1.54, 1.807) is 11.4 Å². The van der Waals surface area contributed by atoms with Gasteiger partial charge in [0.1, 0.15) is 0 Å². The van der Waals surface area contributed by atoms with Crippen LogP contribution in [-0.4, -0.2) is 43.5 Å². The molecular formula is C18H22F3NO4S. The summed E-state index contributed by atoms with van der Waals surface area (Å²) in [5.41, 5.74) is -0.752. The van der Waals surface area contributed by atoms with E-state index in [4.69, 9.17) is 0 Å². The molecule has 27 heavy (non-hydrogen) atoms. The Morgan fingerprint density at radius 3 is 2.52 bits per heavy atom. The summed E-state index contributed by atoms with van der Waals surface area (Å²) in [7, 11) is -3.71. The van der Waals surface area contributed by atoms with Gasteiger partial charge < -0.3 is 10.4 Å². The SMILES string of the molecule is O=C(NCC=Cc1cccc(S(=O)(=O)CC2(O)CCCCC2)c1)C(F)(F)F. The summed E-state index contributed by atoms with van der Waals surface area (Å²) in [6, 6.07) is 5.93. The van der Waals surface area contributed by atoms with E-state index in [1.165, 1.54) is 30.4 Å². The molecule has 0 spiro atoms. The van der Waals surface area contributed by atoms with Crippen LogP contribution in [0.4, 0.5) is 13.2 Å². The lowest BCUT2D eigenvalue weighted by atomic mass is 9.86. The maximum Gasteiger partial charge on any atom is 0.471 e. The molecule has 5 nitrogen and oxygen atoms in total. The van der Waals surface area contributed by atoms with Crippen molar-refractivity contribution in [3.8, 4) is 0 Å². The first-order chi connectivity index (χ1) is 12.5. The fraction of sp³-hybridized carbons (Fsp3) is 0.500. The molecular weight excluding hydrogens is 383 g/mol. The second kappa shape index (κ2) is 8.43. The minimum atomic E-state index is -4.94. The first-order valence-corrected chi connectivity index (χ1v) is 10.2. The van der Waals surface area contributed by atoms with Crippen LogP contribution >= 0.6 is 0 Å². The summed E-state index contributed by atoms with van der Waals surface area (Å²) in [6.07, 6.45) is 1.23. The van der Waals surface area contributed by atoms with Crippen LogP contribution in [0.1, 0.15) is 37.7 Å². The predicted molar refractivity (Wildman–Crippen MR) is 94.6 cm³/mol. The number of sulfone groups is 1. The monoisotopic (exact) mass is 405 g/mol. The maximum absolute atomic E-state index is 12.6. The highest BCUT2D eigenvalue weighted by Crippen LogP contribution is 2.31. The second-order valence-electron chi connectivity index (χ2n) is 6.73. The van der Waals surface area contributed by atoms with E-state index in [0.717, 1.165) is 19.3 Å². The van der Waals surface area contributed by atoms with Crippen molar-refractivity contribution >= 4 is 21.8 Å². The highest BCUT2D eigenvalue weighted by molar-refractivity contribution is 7.91. The fourth-order valence-electron chi connectivity index (χ4n) is 3.05. The molecule has 0 heterocycles. The number of benzene rings is 1. The zero-order valence-corrected chi connectivity index (χ0v) is 15.4. The number of aliphatic hydroxyl groups is 1. The number of halogens is 3. The molecule has 1 amide bonds. The lowest BCUT2D eigenvalue weighted by Crippen LogP contribution is -2.39. The van der Waals surface area contributed by atoms with Gasteiger partial charge in [-0.15, -0.1) is 0 Å². The molecule has 1 aliphatic rings. The smallest absolute Gasteiger partial charge is 0.389 e. The van der Waals surface area contributed by atoms with Crippen molar-refractivity contribution in [2.24, 2.45) is 0 Å². The number of carbonyl (C=O) groups is 1. The van der Waals surface area contributed by atoms with Crippen LogP contribution in [0.25, 0.3) is 6.08 Å². The third kappa shape index (κ3) is 6.35. The number of rotatable bonds is 6. The van der Waals surface area contributed by atoms with Crippen molar-refractivity contribution in [2.75, 3.05) is 12.3 Å². The Labute approximate surface area is 156 Å². The molecule has 0 unspecified atom stereocenters. The molecule has 1 fully saturated rings. The van der Waals surface area contributed by atoms with Gasteiger partial charge in [-0.25, -0.2) is 8.42 Å².